The largest absolute Gasteiger partial charge is 0.507 e. The summed E-state index contributed by atoms with van der Waals surface area (Å²) in [6, 6.07) is 6.63. The number of para-hydroxylation sites is 1. The third kappa shape index (κ3) is 5.73. The Bertz CT molecular complexity index is 581. The average Bonchev–Trinajstić information content (AvgIpc) is 2.70. The molecule has 27 heavy (non-hydrogen) atoms. The van der Waals surface area contributed by atoms with Crippen LogP contribution in [0.25, 0.3) is 0 Å². The first-order valence-corrected chi connectivity index (χ1v) is 11.2. The minimum Gasteiger partial charge on any atom is -0.507 e. The Morgan fingerprint density at radius 3 is 2.22 bits per heavy atom. The van der Waals surface area contributed by atoms with E-state index in [0.29, 0.717) is 0 Å². The summed E-state index contributed by atoms with van der Waals surface area (Å²) in [7, 11) is 0. The van der Waals surface area contributed by atoms with Gasteiger partial charge in [-0.1, -0.05) is 57.6 Å². The van der Waals surface area contributed by atoms with Crippen LogP contribution in [0, 0.1) is 17.8 Å². The van der Waals surface area contributed by atoms with Crippen molar-refractivity contribution >= 4 is 5.97 Å². The van der Waals surface area contributed by atoms with Gasteiger partial charge < -0.3 is 9.84 Å². The van der Waals surface area contributed by atoms with Gasteiger partial charge in [0.05, 0.1) is 0 Å². The summed E-state index contributed by atoms with van der Waals surface area (Å²) in [5.41, 5.74) is 0.279. The van der Waals surface area contributed by atoms with Gasteiger partial charge in [-0.15, -0.1) is 0 Å². The summed E-state index contributed by atoms with van der Waals surface area (Å²) in [5.74, 6) is 2.31. The van der Waals surface area contributed by atoms with E-state index < -0.39 is 0 Å². The summed E-state index contributed by atoms with van der Waals surface area (Å²) in [6.45, 7) is 2.28. The predicted octanol–water partition coefficient (Wildman–Crippen LogP) is 6.49. The van der Waals surface area contributed by atoms with Gasteiger partial charge in [-0.25, -0.2) is 4.79 Å². The van der Waals surface area contributed by atoms with Crippen molar-refractivity contribution in [1.29, 1.82) is 0 Å². The van der Waals surface area contributed by atoms with Crippen LogP contribution in [0.1, 0.15) is 94.3 Å². The second-order valence-electron chi connectivity index (χ2n) is 8.74. The molecule has 0 heterocycles. The predicted molar refractivity (Wildman–Crippen MR) is 109 cm³/mol. The van der Waals surface area contributed by atoms with Crippen LogP contribution in [-0.4, -0.2) is 17.2 Å². The van der Waals surface area contributed by atoms with Crippen LogP contribution in [0.2, 0.25) is 0 Å². The molecule has 2 aliphatic rings. The van der Waals surface area contributed by atoms with E-state index in [1.807, 2.05) is 0 Å². The highest BCUT2D eigenvalue weighted by Gasteiger charge is 2.32. The maximum Gasteiger partial charge on any atom is 0.342 e. The van der Waals surface area contributed by atoms with Crippen molar-refractivity contribution in [2.45, 2.75) is 90.1 Å². The molecule has 2 fully saturated rings. The molecule has 3 rings (SSSR count). The van der Waals surface area contributed by atoms with E-state index in [4.69, 9.17) is 4.74 Å². The molecule has 3 heteroatoms. The molecule has 0 atom stereocenters. The fraction of sp³-hybridized carbons (Fsp3) is 0.708. The van der Waals surface area contributed by atoms with Crippen LogP contribution in [0.3, 0.4) is 0 Å². The number of rotatable bonds is 7. The van der Waals surface area contributed by atoms with Crippen LogP contribution in [-0.2, 0) is 4.74 Å². The highest BCUT2D eigenvalue weighted by atomic mass is 16.5. The average molecular weight is 373 g/mol. The maximum absolute atomic E-state index is 12.3. The molecule has 3 nitrogen and oxygen atoms in total. The Morgan fingerprint density at radius 1 is 0.963 bits per heavy atom. The highest BCUT2D eigenvalue weighted by molar-refractivity contribution is 5.92. The van der Waals surface area contributed by atoms with Gasteiger partial charge in [-0.2, -0.15) is 0 Å². The van der Waals surface area contributed by atoms with Crippen molar-refractivity contribution in [2.75, 3.05) is 0 Å². The molecular weight excluding hydrogens is 336 g/mol. The molecule has 0 radical (unpaired) electrons. The molecule has 1 N–H and O–H groups in total. The summed E-state index contributed by atoms with van der Waals surface area (Å²) >= 11 is 0. The minimum absolute atomic E-state index is 0.00637. The van der Waals surface area contributed by atoms with Crippen LogP contribution >= 0.6 is 0 Å². The lowest BCUT2D eigenvalue weighted by atomic mass is 9.70. The van der Waals surface area contributed by atoms with Crippen LogP contribution in [0.5, 0.6) is 5.75 Å². The normalized spacial score (nSPS) is 28.6. The first-order chi connectivity index (χ1) is 13.2. The zero-order valence-corrected chi connectivity index (χ0v) is 16.9. The molecule has 0 aliphatic heterocycles. The molecule has 0 spiro atoms. The second kappa shape index (κ2) is 10.1. The number of carbonyl (C=O) groups excluding carboxylic acids is 1. The molecule has 0 saturated heterocycles. The number of hydrogen-bond donors (Lipinski definition) is 1. The van der Waals surface area contributed by atoms with E-state index >= 15 is 0 Å². The summed E-state index contributed by atoms with van der Waals surface area (Å²) < 4.78 is 5.67. The molecule has 2 aliphatic carbocycles. The molecule has 0 unspecified atom stereocenters. The third-order valence-corrected chi connectivity index (χ3v) is 6.89. The number of phenols is 1. The molecular formula is C24H36O3. The number of aromatic hydroxyl groups is 1. The fourth-order valence-corrected chi connectivity index (χ4v) is 5.17. The number of carbonyl (C=O) groups is 1. The zero-order valence-electron chi connectivity index (χ0n) is 16.9. The van der Waals surface area contributed by atoms with E-state index in [0.717, 1.165) is 30.6 Å². The van der Waals surface area contributed by atoms with Gasteiger partial charge in [-0.3, -0.25) is 0 Å². The van der Waals surface area contributed by atoms with Gasteiger partial charge in [0.25, 0.3) is 0 Å². The van der Waals surface area contributed by atoms with Crippen LogP contribution in [0.15, 0.2) is 24.3 Å². The molecule has 0 amide bonds. The van der Waals surface area contributed by atoms with Crippen molar-refractivity contribution in [3.05, 3.63) is 29.8 Å². The first kappa shape index (κ1) is 20.2. The first-order valence-electron chi connectivity index (χ1n) is 11.2. The lowest BCUT2D eigenvalue weighted by molar-refractivity contribution is 0.0107. The van der Waals surface area contributed by atoms with Crippen molar-refractivity contribution in [3.8, 4) is 5.75 Å². The number of ether oxygens (including phenoxy) is 1. The zero-order chi connectivity index (χ0) is 19.1. The van der Waals surface area contributed by atoms with Gasteiger partial charge in [-0.05, 0) is 68.4 Å². The van der Waals surface area contributed by atoms with Crippen LogP contribution < -0.4 is 0 Å². The van der Waals surface area contributed by atoms with Gasteiger partial charge in [0.15, 0.2) is 0 Å². The van der Waals surface area contributed by atoms with Gasteiger partial charge in [0.1, 0.15) is 17.4 Å². The smallest absolute Gasteiger partial charge is 0.342 e. The monoisotopic (exact) mass is 372 g/mol. The van der Waals surface area contributed by atoms with Crippen molar-refractivity contribution in [3.63, 3.8) is 0 Å². The number of hydrogen-bond acceptors (Lipinski definition) is 3. The Morgan fingerprint density at radius 2 is 1.59 bits per heavy atom. The standard InChI is InChI=1S/C24H36O3/c1-2-3-4-7-18-10-12-19(13-11-18)20-14-16-21(17-15-20)27-24(26)22-8-5-6-9-23(22)25/h5-6,8-9,18-21,25H,2-4,7,10-17H2,1H3/t18-,19-,20-,21-. The molecule has 150 valence electrons. The van der Waals surface area contributed by atoms with Crippen molar-refractivity contribution in [2.24, 2.45) is 17.8 Å². The summed E-state index contributed by atoms with van der Waals surface area (Å²) in [6.07, 6.45) is 15.6. The van der Waals surface area contributed by atoms with E-state index in [1.54, 1.807) is 18.2 Å². The molecule has 0 bridgehead atoms. The minimum atomic E-state index is -0.385. The van der Waals surface area contributed by atoms with Crippen molar-refractivity contribution in [1.82, 2.24) is 0 Å². The summed E-state index contributed by atoms with van der Waals surface area (Å²) in [5, 5.41) is 9.81. The molecule has 1 aromatic carbocycles. The summed E-state index contributed by atoms with van der Waals surface area (Å²) in [4.78, 5) is 12.3. The topological polar surface area (TPSA) is 46.5 Å². The highest BCUT2D eigenvalue weighted by Crippen LogP contribution is 2.41. The van der Waals surface area contributed by atoms with Gasteiger partial charge >= 0.3 is 5.97 Å². The van der Waals surface area contributed by atoms with E-state index in [-0.39, 0.29) is 23.4 Å². The number of benzene rings is 1. The van der Waals surface area contributed by atoms with E-state index in [9.17, 15) is 9.90 Å². The SMILES string of the molecule is CCCCC[C@H]1CC[C@H]([C@H]2CC[C@H](OC(=O)c3ccccc3O)CC2)CC1. The second-order valence-corrected chi connectivity index (χ2v) is 8.74. The lowest BCUT2D eigenvalue weighted by Gasteiger charge is -2.37. The Balaban J connectivity index is 1.38. The molecule has 0 aromatic heterocycles. The molecule has 2 saturated carbocycles. The van der Waals surface area contributed by atoms with E-state index in [1.165, 1.54) is 70.3 Å². The number of phenolic OH excluding ortho intramolecular Hbond substituents is 1. The lowest BCUT2D eigenvalue weighted by Crippen LogP contribution is -2.29. The number of unbranched alkanes of at least 4 members (excludes halogenated alkanes) is 2. The van der Waals surface area contributed by atoms with Gasteiger partial charge in [0, 0.05) is 0 Å². The Labute approximate surface area is 164 Å². The number of esters is 1. The fourth-order valence-electron chi connectivity index (χ4n) is 5.17. The van der Waals surface area contributed by atoms with Crippen molar-refractivity contribution < 1.29 is 14.6 Å². The molecule has 1 aromatic rings. The van der Waals surface area contributed by atoms with Crippen LogP contribution in [0.4, 0.5) is 0 Å². The quantitative estimate of drug-likeness (QED) is 0.439. The van der Waals surface area contributed by atoms with E-state index in [2.05, 4.69) is 6.92 Å². The third-order valence-electron chi connectivity index (χ3n) is 6.89. The Kier molecular flexibility index (Phi) is 7.60. The Hall–Kier alpha value is -1.51. The van der Waals surface area contributed by atoms with Gasteiger partial charge in [0.2, 0.25) is 0 Å². The maximum atomic E-state index is 12.3.